The van der Waals surface area contributed by atoms with Crippen LogP contribution in [0.3, 0.4) is 0 Å². The minimum absolute atomic E-state index is 0.181. The molecule has 1 atom stereocenters. The Kier molecular flexibility index (Phi) is 4.56. The molecule has 0 aromatic heterocycles. The Bertz CT molecular complexity index is 581. The van der Waals surface area contributed by atoms with Crippen LogP contribution in [-0.2, 0) is 6.42 Å². The largest absolute Gasteiger partial charge is 0.324 e. The van der Waals surface area contributed by atoms with E-state index in [0.717, 1.165) is 24.0 Å². The minimum Gasteiger partial charge on any atom is -0.324 e. The van der Waals surface area contributed by atoms with Gasteiger partial charge in [-0.15, -0.1) is 0 Å². The van der Waals surface area contributed by atoms with Gasteiger partial charge in [0.1, 0.15) is 5.82 Å². The molecule has 0 amide bonds. The van der Waals surface area contributed by atoms with Gasteiger partial charge >= 0.3 is 0 Å². The zero-order valence-electron chi connectivity index (χ0n) is 12.4. The molecule has 0 aliphatic carbocycles. The second kappa shape index (κ2) is 6.19. The number of rotatable bonds is 4. The molecule has 0 aliphatic rings. The summed E-state index contributed by atoms with van der Waals surface area (Å²) in [6.45, 7) is 5.93. The van der Waals surface area contributed by atoms with E-state index in [4.69, 9.17) is 5.73 Å². The first-order valence-corrected chi connectivity index (χ1v) is 7.05. The van der Waals surface area contributed by atoms with E-state index in [-0.39, 0.29) is 11.9 Å². The summed E-state index contributed by atoms with van der Waals surface area (Å²) in [4.78, 5) is 0. The first-order valence-electron chi connectivity index (χ1n) is 7.05. The molecule has 2 aromatic carbocycles. The van der Waals surface area contributed by atoms with Crippen LogP contribution in [0.2, 0.25) is 0 Å². The van der Waals surface area contributed by atoms with Crippen LogP contribution >= 0.6 is 0 Å². The molecule has 2 rings (SSSR count). The summed E-state index contributed by atoms with van der Waals surface area (Å²) in [7, 11) is 0. The highest BCUT2D eigenvalue weighted by Gasteiger charge is 2.15. The first kappa shape index (κ1) is 14.7. The Hall–Kier alpha value is -1.67. The van der Waals surface area contributed by atoms with Gasteiger partial charge in [0.2, 0.25) is 0 Å². The van der Waals surface area contributed by atoms with E-state index in [2.05, 4.69) is 19.1 Å². The molecule has 0 radical (unpaired) electrons. The molecule has 0 saturated carbocycles. The molecule has 1 nitrogen and oxygen atoms in total. The van der Waals surface area contributed by atoms with Crippen LogP contribution in [0.15, 0.2) is 36.4 Å². The Morgan fingerprint density at radius 1 is 1.05 bits per heavy atom. The molecule has 2 aromatic rings. The highest BCUT2D eigenvalue weighted by atomic mass is 19.1. The van der Waals surface area contributed by atoms with Crippen LogP contribution in [0.25, 0.3) is 0 Å². The molecule has 20 heavy (non-hydrogen) atoms. The summed E-state index contributed by atoms with van der Waals surface area (Å²) in [6.07, 6.45) is 1.63. The van der Waals surface area contributed by atoms with Gasteiger partial charge < -0.3 is 5.73 Å². The zero-order valence-corrected chi connectivity index (χ0v) is 12.4. The fraction of sp³-hybridized carbons (Fsp3) is 0.333. The van der Waals surface area contributed by atoms with Gasteiger partial charge in [-0.05, 0) is 61.9 Å². The fourth-order valence-corrected chi connectivity index (χ4v) is 2.74. The lowest BCUT2D eigenvalue weighted by atomic mass is 9.93. The summed E-state index contributed by atoms with van der Waals surface area (Å²) in [6, 6.07) is 11.6. The molecule has 106 valence electrons. The van der Waals surface area contributed by atoms with Crippen LogP contribution in [-0.4, -0.2) is 0 Å². The van der Waals surface area contributed by atoms with E-state index in [1.54, 1.807) is 6.07 Å². The van der Waals surface area contributed by atoms with Gasteiger partial charge in [-0.3, -0.25) is 0 Å². The average molecular weight is 271 g/mol. The summed E-state index contributed by atoms with van der Waals surface area (Å²) >= 11 is 0. The third-order valence-electron chi connectivity index (χ3n) is 3.84. The van der Waals surface area contributed by atoms with E-state index in [9.17, 15) is 4.39 Å². The number of nitrogens with two attached hydrogens (primary N) is 1. The van der Waals surface area contributed by atoms with E-state index in [0.29, 0.717) is 5.56 Å². The second-order valence-corrected chi connectivity index (χ2v) is 5.55. The lowest BCUT2D eigenvalue weighted by molar-refractivity contribution is 0.559. The normalized spacial score (nSPS) is 12.4. The average Bonchev–Trinajstić information content (AvgIpc) is 2.36. The molecule has 0 heterocycles. The van der Waals surface area contributed by atoms with Crippen molar-refractivity contribution < 1.29 is 4.39 Å². The Morgan fingerprint density at radius 3 is 2.40 bits per heavy atom. The van der Waals surface area contributed by atoms with Gasteiger partial charge in [0.25, 0.3) is 0 Å². The van der Waals surface area contributed by atoms with Crippen molar-refractivity contribution in [3.8, 4) is 0 Å². The van der Waals surface area contributed by atoms with Gasteiger partial charge in [-0.25, -0.2) is 4.39 Å². The monoisotopic (exact) mass is 271 g/mol. The minimum atomic E-state index is -0.254. The topological polar surface area (TPSA) is 26.0 Å². The molecule has 0 spiro atoms. The smallest absolute Gasteiger partial charge is 0.128 e. The predicted molar refractivity (Wildman–Crippen MR) is 82.3 cm³/mol. The zero-order chi connectivity index (χ0) is 14.7. The number of hydrogen-bond donors (Lipinski definition) is 1. The Morgan fingerprint density at radius 2 is 1.75 bits per heavy atom. The molecule has 1 unspecified atom stereocenters. The second-order valence-electron chi connectivity index (χ2n) is 5.55. The van der Waals surface area contributed by atoms with Crippen molar-refractivity contribution in [1.82, 2.24) is 0 Å². The molecular weight excluding hydrogens is 249 g/mol. The van der Waals surface area contributed by atoms with Gasteiger partial charge in [0.15, 0.2) is 0 Å². The Balaban J connectivity index is 2.13. The lowest BCUT2D eigenvalue weighted by Gasteiger charge is -2.17. The number of hydrogen-bond acceptors (Lipinski definition) is 1. The van der Waals surface area contributed by atoms with Gasteiger partial charge in [0.05, 0.1) is 0 Å². The standard InChI is InChI=1S/C18H22FN/c1-12-10-14(3)18(16(19)11-12)17(20)9-8-15-7-5-4-6-13(15)2/h4-7,10-11,17H,8-9,20H2,1-3H3. The molecule has 0 fully saturated rings. The first-order chi connectivity index (χ1) is 9.49. The van der Waals surface area contributed by atoms with Crippen molar-refractivity contribution >= 4 is 0 Å². The molecule has 2 N–H and O–H groups in total. The van der Waals surface area contributed by atoms with E-state index < -0.39 is 0 Å². The summed E-state index contributed by atoms with van der Waals surface area (Å²) in [5.74, 6) is -0.181. The maximum atomic E-state index is 14.1. The van der Waals surface area contributed by atoms with E-state index in [1.807, 2.05) is 32.0 Å². The third-order valence-corrected chi connectivity index (χ3v) is 3.84. The van der Waals surface area contributed by atoms with Gasteiger partial charge in [0, 0.05) is 11.6 Å². The van der Waals surface area contributed by atoms with Crippen molar-refractivity contribution in [3.05, 3.63) is 70.0 Å². The van der Waals surface area contributed by atoms with Crippen molar-refractivity contribution in [2.75, 3.05) is 0 Å². The Labute approximate surface area is 120 Å². The summed E-state index contributed by atoms with van der Waals surface area (Å²) < 4.78 is 14.1. The molecule has 0 saturated heterocycles. The quantitative estimate of drug-likeness (QED) is 0.877. The van der Waals surface area contributed by atoms with Gasteiger partial charge in [-0.1, -0.05) is 30.3 Å². The molecular formula is C18H22FN. The lowest BCUT2D eigenvalue weighted by Crippen LogP contribution is -2.15. The number of halogens is 1. The van der Waals surface area contributed by atoms with E-state index >= 15 is 0 Å². The van der Waals surface area contributed by atoms with Crippen LogP contribution in [0.4, 0.5) is 4.39 Å². The molecule has 2 heteroatoms. The van der Waals surface area contributed by atoms with Crippen molar-refractivity contribution in [2.45, 2.75) is 39.7 Å². The van der Waals surface area contributed by atoms with Crippen LogP contribution < -0.4 is 5.73 Å². The SMILES string of the molecule is Cc1cc(C)c(C(N)CCc2ccccc2C)c(F)c1. The van der Waals surface area contributed by atoms with Crippen LogP contribution in [0.5, 0.6) is 0 Å². The highest BCUT2D eigenvalue weighted by molar-refractivity contribution is 5.34. The molecule has 0 bridgehead atoms. The maximum Gasteiger partial charge on any atom is 0.128 e. The van der Waals surface area contributed by atoms with Crippen molar-refractivity contribution in [2.24, 2.45) is 5.73 Å². The number of benzene rings is 2. The summed E-state index contributed by atoms with van der Waals surface area (Å²) in [5.41, 5.74) is 11.3. The number of aryl methyl sites for hydroxylation is 4. The highest BCUT2D eigenvalue weighted by Crippen LogP contribution is 2.25. The summed E-state index contributed by atoms with van der Waals surface area (Å²) in [5, 5.41) is 0. The van der Waals surface area contributed by atoms with Crippen LogP contribution in [0, 0.1) is 26.6 Å². The van der Waals surface area contributed by atoms with E-state index in [1.165, 1.54) is 11.1 Å². The van der Waals surface area contributed by atoms with Crippen molar-refractivity contribution in [3.63, 3.8) is 0 Å². The van der Waals surface area contributed by atoms with Gasteiger partial charge in [-0.2, -0.15) is 0 Å². The van der Waals surface area contributed by atoms with Crippen LogP contribution in [0.1, 0.15) is 40.3 Å². The molecule has 0 aliphatic heterocycles. The predicted octanol–water partition coefficient (Wildman–Crippen LogP) is 4.38. The maximum absolute atomic E-state index is 14.1. The third kappa shape index (κ3) is 3.26. The van der Waals surface area contributed by atoms with Crippen molar-refractivity contribution in [1.29, 1.82) is 0 Å². The fourth-order valence-electron chi connectivity index (χ4n) is 2.74.